The van der Waals surface area contributed by atoms with E-state index in [1.54, 1.807) is 0 Å². The number of alkyl halides is 3. The molecule has 0 atom stereocenters. The van der Waals surface area contributed by atoms with E-state index in [1.807, 2.05) is 0 Å². The number of imidazole rings is 1. The maximum absolute atomic E-state index is 12.3. The van der Waals surface area contributed by atoms with Crippen LogP contribution in [-0.4, -0.2) is 19.7 Å². The predicted octanol–water partition coefficient (Wildman–Crippen LogP) is 1.20. The van der Waals surface area contributed by atoms with Crippen LogP contribution < -0.4 is 5.73 Å². The third-order valence-corrected chi connectivity index (χ3v) is 2.73. The first-order valence-corrected chi connectivity index (χ1v) is 4.97. The largest absolute Gasteiger partial charge is 0.445 e. The van der Waals surface area contributed by atoms with Crippen LogP contribution in [0.1, 0.15) is 10.8 Å². The molecule has 16 heavy (non-hydrogen) atoms. The summed E-state index contributed by atoms with van der Waals surface area (Å²) in [7, 11) is 0. The van der Waals surface area contributed by atoms with Crippen LogP contribution in [0.25, 0.3) is 5.13 Å². The molecule has 2 aromatic rings. The number of nitrogens with two attached hydrogens (primary N) is 1. The summed E-state index contributed by atoms with van der Waals surface area (Å²) in [5.74, 6) is 0.435. The van der Waals surface area contributed by atoms with E-state index in [2.05, 4.69) is 15.2 Å². The minimum absolute atomic E-state index is 0.102. The van der Waals surface area contributed by atoms with Gasteiger partial charge in [0.1, 0.15) is 5.82 Å². The number of hydrogen-bond donors (Lipinski definition) is 1. The number of aromatic nitrogens is 4. The normalized spacial score (nSPS) is 12.0. The summed E-state index contributed by atoms with van der Waals surface area (Å²) < 4.78 is 38.2. The van der Waals surface area contributed by atoms with E-state index in [9.17, 15) is 13.2 Å². The van der Waals surface area contributed by atoms with Gasteiger partial charge < -0.3 is 5.73 Å². The summed E-state index contributed by atoms with van der Waals surface area (Å²) in [4.78, 5) is 3.88. The van der Waals surface area contributed by atoms with Crippen molar-refractivity contribution in [3.05, 3.63) is 23.2 Å². The van der Waals surface area contributed by atoms with Crippen LogP contribution in [-0.2, 0) is 12.7 Å². The fourth-order valence-electron chi connectivity index (χ4n) is 1.09. The molecule has 5 nitrogen and oxygen atoms in total. The third kappa shape index (κ3) is 1.91. The van der Waals surface area contributed by atoms with Gasteiger partial charge in [-0.05, 0) is 0 Å². The van der Waals surface area contributed by atoms with Crippen molar-refractivity contribution < 1.29 is 13.2 Å². The van der Waals surface area contributed by atoms with Crippen LogP contribution in [0.2, 0.25) is 0 Å². The molecule has 0 spiro atoms. The number of hydrogen-bond acceptors (Lipinski definition) is 5. The van der Waals surface area contributed by atoms with Gasteiger partial charge in [-0.1, -0.05) is 11.3 Å². The smallest absolute Gasteiger partial charge is 0.324 e. The molecule has 9 heteroatoms. The van der Waals surface area contributed by atoms with Gasteiger partial charge in [0.05, 0.1) is 6.54 Å². The van der Waals surface area contributed by atoms with Crippen molar-refractivity contribution in [1.82, 2.24) is 19.7 Å². The highest BCUT2D eigenvalue weighted by Crippen LogP contribution is 2.32. The second kappa shape index (κ2) is 3.83. The highest BCUT2D eigenvalue weighted by Gasteiger charge is 2.35. The Hall–Kier alpha value is -1.48. The minimum Gasteiger partial charge on any atom is -0.324 e. The second-order valence-electron chi connectivity index (χ2n) is 2.81. The summed E-state index contributed by atoms with van der Waals surface area (Å²) in [6.07, 6.45) is -1.54. The van der Waals surface area contributed by atoms with E-state index >= 15 is 0 Å². The minimum atomic E-state index is -4.47. The molecule has 0 unspecified atom stereocenters. The Morgan fingerprint density at radius 3 is 2.69 bits per heavy atom. The van der Waals surface area contributed by atoms with Gasteiger partial charge in [-0.3, -0.25) is 4.57 Å². The fourth-order valence-corrected chi connectivity index (χ4v) is 1.80. The lowest BCUT2D eigenvalue weighted by molar-refractivity contribution is -0.138. The van der Waals surface area contributed by atoms with E-state index in [1.165, 1.54) is 17.0 Å². The maximum atomic E-state index is 12.3. The van der Waals surface area contributed by atoms with Gasteiger partial charge in [0, 0.05) is 12.4 Å². The van der Waals surface area contributed by atoms with Gasteiger partial charge in [0.15, 0.2) is 0 Å². The Bertz CT molecular complexity index is 488. The van der Waals surface area contributed by atoms with Crippen LogP contribution in [0.5, 0.6) is 0 Å². The van der Waals surface area contributed by atoms with Crippen LogP contribution in [0.3, 0.4) is 0 Å². The molecule has 0 aliphatic heterocycles. The van der Waals surface area contributed by atoms with E-state index in [4.69, 9.17) is 5.73 Å². The SMILES string of the molecule is NCc1nccn1-c1nnc(C(F)(F)F)s1. The van der Waals surface area contributed by atoms with E-state index in [0.29, 0.717) is 17.2 Å². The van der Waals surface area contributed by atoms with Gasteiger partial charge in [-0.2, -0.15) is 13.2 Å². The summed E-state index contributed by atoms with van der Waals surface area (Å²) in [6, 6.07) is 0. The Labute approximate surface area is 91.7 Å². The molecule has 0 saturated carbocycles. The van der Waals surface area contributed by atoms with Crippen molar-refractivity contribution in [3.8, 4) is 5.13 Å². The van der Waals surface area contributed by atoms with Gasteiger partial charge in [0.25, 0.3) is 0 Å². The molecule has 0 aliphatic rings. The monoisotopic (exact) mass is 249 g/mol. The van der Waals surface area contributed by atoms with Crippen molar-refractivity contribution >= 4 is 11.3 Å². The second-order valence-corrected chi connectivity index (χ2v) is 3.76. The van der Waals surface area contributed by atoms with E-state index < -0.39 is 11.2 Å². The molecule has 2 heterocycles. The van der Waals surface area contributed by atoms with Crippen molar-refractivity contribution in [2.24, 2.45) is 5.73 Å². The molecule has 86 valence electrons. The topological polar surface area (TPSA) is 69.6 Å². The summed E-state index contributed by atoms with van der Waals surface area (Å²) >= 11 is 0.447. The first-order chi connectivity index (χ1) is 7.52. The summed E-state index contributed by atoms with van der Waals surface area (Å²) in [6.45, 7) is 0.119. The predicted molar refractivity (Wildman–Crippen MR) is 49.9 cm³/mol. The Balaban J connectivity index is 2.39. The zero-order chi connectivity index (χ0) is 11.8. The number of rotatable bonds is 2. The van der Waals surface area contributed by atoms with Gasteiger partial charge >= 0.3 is 6.18 Å². The quantitative estimate of drug-likeness (QED) is 0.868. The molecular formula is C7H6F3N5S. The molecule has 2 rings (SSSR count). The van der Waals surface area contributed by atoms with Crippen molar-refractivity contribution in [1.29, 1.82) is 0 Å². The Kier molecular flexibility index (Phi) is 2.64. The zero-order valence-corrected chi connectivity index (χ0v) is 8.59. The standard InChI is InChI=1S/C7H6F3N5S/c8-7(9,10)5-13-14-6(16-5)15-2-1-12-4(15)3-11/h1-2H,3,11H2. The number of nitrogens with zero attached hydrogens (tertiary/aromatic N) is 4. The van der Waals surface area contributed by atoms with Gasteiger partial charge in [-0.25, -0.2) is 4.98 Å². The average molecular weight is 249 g/mol. The lowest BCUT2D eigenvalue weighted by Crippen LogP contribution is -2.05. The molecule has 0 amide bonds. The maximum Gasteiger partial charge on any atom is 0.445 e. The van der Waals surface area contributed by atoms with Crippen molar-refractivity contribution in [2.45, 2.75) is 12.7 Å². The molecular weight excluding hydrogens is 243 g/mol. The molecule has 0 aromatic carbocycles. The molecule has 0 aliphatic carbocycles. The molecule has 2 aromatic heterocycles. The van der Waals surface area contributed by atoms with Crippen molar-refractivity contribution in [3.63, 3.8) is 0 Å². The molecule has 0 radical (unpaired) electrons. The highest BCUT2D eigenvalue weighted by molar-refractivity contribution is 7.13. The first kappa shape index (κ1) is 11.0. The van der Waals surface area contributed by atoms with Crippen LogP contribution in [0, 0.1) is 0 Å². The summed E-state index contributed by atoms with van der Waals surface area (Å²) in [5, 5.41) is 5.64. The lowest BCUT2D eigenvalue weighted by Gasteiger charge is -2.00. The Morgan fingerprint density at radius 2 is 2.12 bits per heavy atom. The fraction of sp³-hybridized carbons (Fsp3) is 0.286. The highest BCUT2D eigenvalue weighted by atomic mass is 32.1. The zero-order valence-electron chi connectivity index (χ0n) is 7.77. The molecule has 0 saturated heterocycles. The molecule has 0 bridgehead atoms. The molecule has 0 fully saturated rings. The van der Waals surface area contributed by atoms with Crippen molar-refractivity contribution in [2.75, 3.05) is 0 Å². The van der Waals surface area contributed by atoms with E-state index in [-0.39, 0.29) is 11.7 Å². The van der Waals surface area contributed by atoms with E-state index in [0.717, 1.165) is 0 Å². The summed E-state index contributed by atoms with van der Waals surface area (Å²) in [5.41, 5.74) is 5.38. The van der Waals surface area contributed by atoms with Crippen LogP contribution >= 0.6 is 11.3 Å². The van der Waals surface area contributed by atoms with Crippen LogP contribution in [0.15, 0.2) is 12.4 Å². The Morgan fingerprint density at radius 1 is 1.38 bits per heavy atom. The van der Waals surface area contributed by atoms with Gasteiger partial charge in [0.2, 0.25) is 10.1 Å². The average Bonchev–Trinajstić information content (AvgIpc) is 2.84. The van der Waals surface area contributed by atoms with Crippen LogP contribution in [0.4, 0.5) is 13.2 Å². The third-order valence-electron chi connectivity index (χ3n) is 1.76. The molecule has 2 N–H and O–H groups in total. The first-order valence-electron chi connectivity index (χ1n) is 4.15. The number of halogens is 3. The van der Waals surface area contributed by atoms with Gasteiger partial charge in [-0.15, -0.1) is 10.2 Å². The lowest BCUT2D eigenvalue weighted by atomic mass is 10.6.